The molecule has 0 aromatic heterocycles. The summed E-state index contributed by atoms with van der Waals surface area (Å²) in [6, 6.07) is 7.85. The molecular weight excluding hydrogens is 212 g/mol. The average Bonchev–Trinajstić information content (AvgIpc) is 2.26. The maximum Gasteiger partial charge on any atom is 0.120 e. The van der Waals surface area contributed by atoms with Gasteiger partial charge in [0.25, 0.3) is 0 Å². The fourth-order valence-corrected chi connectivity index (χ4v) is 1.44. The summed E-state index contributed by atoms with van der Waals surface area (Å²) in [6.45, 7) is 2.75. The maximum atomic E-state index is 5.74. The Balaban J connectivity index is 2.48. The minimum Gasteiger partial charge on any atom is -0.491 e. The molecule has 2 nitrogen and oxygen atoms in total. The van der Waals surface area contributed by atoms with Crippen molar-refractivity contribution in [2.45, 2.75) is 25.3 Å². The quantitative estimate of drug-likeness (QED) is 0.696. The first-order valence-corrected chi connectivity index (χ1v) is 5.60. The molecule has 15 heavy (non-hydrogen) atoms. The van der Waals surface area contributed by atoms with E-state index in [9.17, 15) is 0 Å². The normalized spacial score (nSPS) is 12.5. The molecule has 0 heterocycles. The standard InChI is InChI=1S/C12H17ClO2/c1-10(6-7-14-2)15-12-5-3-4-11(8-12)9-13/h3-5,8,10H,6-7,9H2,1-2H3. The molecule has 0 aliphatic heterocycles. The van der Waals surface area contributed by atoms with Gasteiger partial charge in [-0.15, -0.1) is 11.6 Å². The molecule has 0 amide bonds. The summed E-state index contributed by atoms with van der Waals surface area (Å²) < 4.78 is 10.7. The molecule has 0 bridgehead atoms. The van der Waals surface area contributed by atoms with Crippen LogP contribution in [0.2, 0.25) is 0 Å². The number of rotatable bonds is 6. The van der Waals surface area contributed by atoms with Crippen molar-refractivity contribution in [2.24, 2.45) is 0 Å². The largest absolute Gasteiger partial charge is 0.491 e. The van der Waals surface area contributed by atoms with Gasteiger partial charge in [0, 0.05) is 26.0 Å². The Bertz CT molecular complexity index is 289. The van der Waals surface area contributed by atoms with E-state index in [-0.39, 0.29) is 6.10 Å². The number of benzene rings is 1. The predicted molar refractivity (Wildman–Crippen MR) is 62.6 cm³/mol. The van der Waals surface area contributed by atoms with Crippen molar-refractivity contribution in [1.29, 1.82) is 0 Å². The van der Waals surface area contributed by atoms with E-state index in [4.69, 9.17) is 21.1 Å². The van der Waals surface area contributed by atoms with Crippen molar-refractivity contribution in [3.8, 4) is 5.75 Å². The maximum absolute atomic E-state index is 5.74. The molecule has 1 rings (SSSR count). The second-order valence-electron chi connectivity index (χ2n) is 3.49. The highest BCUT2D eigenvalue weighted by atomic mass is 35.5. The SMILES string of the molecule is COCCC(C)Oc1cccc(CCl)c1. The van der Waals surface area contributed by atoms with Crippen LogP contribution in [-0.4, -0.2) is 19.8 Å². The van der Waals surface area contributed by atoms with Gasteiger partial charge in [-0.1, -0.05) is 12.1 Å². The monoisotopic (exact) mass is 228 g/mol. The molecule has 1 unspecified atom stereocenters. The molecule has 0 saturated heterocycles. The van der Waals surface area contributed by atoms with Crippen LogP contribution in [0, 0.1) is 0 Å². The summed E-state index contributed by atoms with van der Waals surface area (Å²) >= 11 is 5.74. The van der Waals surface area contributed by atoms with Crippen molar-refractivity contribution in [3.05, 3.63) is 29.8 Å². The van der Waals surface area contributed by atoms with Gasteiger partial charge in [-0.05, 0) is 24.6 Å². The van der Waals surface area contributed by atoms with Gasteiger partial charge in [-0.2, -0.15) is 0 Å². The van der Waals surface area contributed by atoms with Gasteiger partial charge < -0.3 is 9.47 Å². The van der Waals surface area contributed by atoms with Crippen LogP contribution in [0.25, 0.3) is 0 Å². The fraction of sp³-hybridized carbons (Fsp3) is 0.500. The summed E-state index contributed by atoms with van der Waals surface area (Å²) in [5, 5.41) is 0. The molecule has 1 atom stereocenters. The molecule has 0 aliphatic rings. The van der Waals surface area contributed by atoms with Crippen LogP contribution >= 0.6 is 11.6 Å². The third kappa shape index (κ3) is 4.54. The molecule has 0 saturated carbocycles. The second kappa shape index (κ2) is 6.70. The molecule has 0 spiro atoms. The van der Waals surface area contributed by atoms with Crippen molar-refractivity contribution in [2.75, 3.05) is 13.7 Å². The van der Waals surface area contributed by atoms with Crippen molar-refractivity contribution in [1.82, 2.24) is 0 Å². The van der Waals surface area contributed by atoms with E-state index in [1.165, 1.54) is 0 Å². The van der Waals surface area contributed by atoms with Crippen molar-refractivity contribution < 1.29 is 9.47 Å². The molecule has 3 heteroatoms. The number of hydrogen-bond acceptors (Lipinski definition) is 2. The van der Waals surface area contributed by atoms with Crippen LogP contribution in [0.1, 0.15) is 18.9 Å². The van der Waals surface area contributed by atoms with Gasteiger partial charge in [0.05, 0.1) is 6.10 Å². The Morgan fingerprint density at radius 2 is 2.20 bits per heavy atom. The highest BCUT2D eigenvalue weighted by Crippen LogP contribution is 2.16. The van der Waals surface area contributed by atoms with Gasteiger partial charge in [0.15, 0.2) is 0 Å². The molecule has 0 fully saturated rings. The Labute approximate surface area is 96.2 Å². The van der Waals surface area contributed by atoms with E-state index in [0.717, 1.165) is 24.3 Å². The molecule has 0 aliphatic carbocycles. The summed E-state index contributed by atoms with van der Waals surface area (Å²) in [5.74, 6) is 1.39. The summed E-state index contributed by atoms with van der Waals surface area (Å²) in [6.07, 6.45) is 1.05. The average molecular weight is 229 g/mol. The van der Waals surface area contributed by atoms with Crippen LogP contribution in [0.5, 0.6) is 5.75 Å². The van der Waals surface area contributed by atoms with E-state index in [2.05, 4.69) is 0 Å². The van der Waals surface area contributed by atoms with E-state index in [1.54, 1.807) is 7.11 Å². The number of alkyl halides is 1. The van der Waals surface area contributed by atoms with E-state index >= 15 is 0 Å². The first-order chi connectivity index (χ1) is 7.26. The molecular formula is C12H17ClO2. The Kier molecular flexibility index (Phi) is 5.51. The predicted octanol–water partition coefficient (Wildman–Crippen LogP) is 3.23. The molecule has 1 aromatic rings. The third-order valence-electron chi connectivity index (χ3n) is 2.12. The van der Waals surface area contributed by atoms with E-state index in [1.807, 2.05) is 31.2 Å². The summed E-state index contributed by atoms with van der Waals surface area (Å²) in [4.78, 5) is 0. The van der Waals surface area contributed by atoms with Crippen LogP contribution in [0.3, 0.4) is 0 Å². The van der Waals surface area contributed by atoms with Crippen molar-refractivity contribution in [3.63, 3.8) is 0 Å². The van der Waals surface area contributed by atoms with Crippen LogP contribution in [-0.2, 0) is 10.6 Å². The fourth-order valence-electron chi connectivity index (χ4n) is 1.28. The molecule has 1 aromatic carbocycles. The zero-order valence-corrected chi connectivity index (χ0v) is 9.96. The number of methoxy groups -OCH3 is 1. The minimum atomic E-state index is 0.163. The molecule has 0 radical (unpaired) electrons. The highest BCUT2D eigenvalue weighted by Gasteiger charge is 2.03. The smallest absolute Gasteiger partial charge is 0.120 e. The van der Waals surface area contributed by atoms with Crippen molar-refractivity contribution >= 4 is 11.6 Å². The lowest BCUT2D eigenvalue weighted by Gasteiger charge is -2.14. The van der Waals surface area contributed by atoms with Gasteiger partial charge in [0.1, 0.15) is 5.75 Å². The van der Waals surface area contributed by atoms with Gasteiger partial charge in [-0.25, -0.2) is 0 Å². The topological polar surface area (TPSA) is 18.5 Å². The van der Waals surface area contributed by atoms with E-state index in [0.29, 0.717) is 5.88 Å². The lowest BCUT2D eigenvalue weighted by atomic mass is 10.2. The Hall–Kier alpha value is -0.730. The lowest BCUT2D eigenvalue weighted by Crippen LogP contribution is -2.14. The third-order valence-corrected chi connectivity index (χ3v) is 2.43. The Morgan fingerprint density at radius 1 is 1.40 bits per heavy atom. The van der Waals surface area contributed by atoms with Crippen LogP contribution < -0.4 is 4.74 Å². The number of ether oxygens (including phenoxy) is 2. The second-order valence-corrected chi connectivity index (χ2v) is 3.76. The Morgan fingerprint density at radius 3 is 2.87 bits per heavy atom. The lowest BCUT2D eigenvalue weighted by molar-refractivity contribution is 0.135. The molecule has 0 N–H and O–H groups in total. The first kappa shape index (κ1) is 12.3. The minimum absolute atomic E-state index is 0.163. The van der Waals surface area contributed by atoms with Gasteiger partial charge in [0.2, 0.25) is 0 Å². The first-order valence-electron chi connectivity index (χ1n) is 5.06. The zero-order valence-electron chi connectivity index (χ0n) is 9.20. The van der Waals surface area contributed by atoms with E-state index < -0.39 is 0 Å². The van der Waals surface area contributed by atoms with Crippen LogP contribution in [0.4, 0.5) is 0 Å². The van der Waals surface area contributed by atoms with Gasteiger partial charge in [-0.3, -0.25) is 0 Å². The van der Waals surface area contributed by atoms with Gasteiger partial charge >= 0.3 is 0 Å². The number of halogens is 1. The number of hydrogen-bond donors (Lipinski definition) is 0. The highest BCUT2D eigenvalue weighted by molar-refractivity contribution is 6.17. The summed E-state index contributed by atoms with van der Waals surface area (Å²) in [7, 11) is 1.70. The zero-order chi connectivity index (χ0) is 11.1. The van der Waals surface area contributed by atoms with Crippen LogP contribution in [0.15, 0.2) is 24.3 Å². The molecule has 84 valence electrons. The summed E-state index contributed by atoms with van der Waals surface area (Å²) in [5.41, 5.74) is 1.08.